The molecule has 0 heterocycles. The van der Waals surface area contributed by atoms with E-state index in [0.29, 0.717) is 18.0 Å². The van der Waals surface area contributed by atoms with E-state index >= 15 is 0 Å². The molecular weight excluding hydrogens is 232 g/mol. The number of hydrogen-bond acceptors (Lipinski definition) is 2. The van der Waals surface area contributed by atoms with Gasteiger partial charge in [0.1, 0.15) is 0 Å². The van der Waals surface area contributed by atoms with Crippen LogP contribution in [-0.2, 0) is 0 Å². The molecule has 1 aromatic carbocycles. The van der Waals surface area contributed by atoms with Gasteiger partial charge in [0.2, 0.25) is 0 Å². The van der Waals surface area contributed by atoms with Crippen molar-refractivity contribution in [1.82, 2.24) is 4.90 Å². The quantitative estimate of drug-likeness (QED) is 0.893. The van der Waals surface area contributed by atoms with Crippen LogP contribution < -0.4 is 5.73 Å². The molecule has 2 nitrogen and oxygen atoms in total. The van der Waals surface area contributed by atoms with Crippen molar-refractivity contribution >= 4 is 11.6 Å². The van der Waals surface area contributed by atoms with Gasteiger partial charge in [-0.1, -0.05) is 23.7 Å². The third kappa shape index (κ3) is 2.65. The molecule has 0 spiro atoms. The molecule has 94 valence electrons. The van der Waals surface area contributed by atoms with Gasteiger partial charge >= 0.3 is 0 Å². The van der Waals surface area contributed by atoms with Crippen LogP contribution in [0.3, 0.4) is 0 Å². The number of rotatable bonds is 4. The third-order valence-corrected chi connectivity index (χ3v) is 4.42. The van der Waals surface area contributed by atoms with E-state index in [-0.39, 0.29) is 0 Å². The summed E-state index contributed by atoms with van der Waals surface area (Å²) in [7, 11) is 2.20. The van der Waals surface area contributed by atoms with Gasteiger partial charge in [0.05, 0.1) is 0 Å². The van der Waals surface area contributed by atoms with Gasteiger partial charge < -0.3 is 5.73 Å². The predicted molar refractivity (Wildman–Crippen MR) is 73.2 cm³/mol. The molecule has 1 aliphatic rings. The van der Waals surface area contributed by atoms with Gasteiger partial charge in [0, 0.05) is 17.1 Å². The molecule has 3 heteroatoms. The lowest BCUT2D eigenvalue weighted by Crippen LogP contribution is -2.48. The fourth-order valence-electron chi connectivity index (χ4n) is 2.63. The van der Waals surface area contributed by atoms with Crippen LogP contribution in [-0.4, -0.2) is 24.5 Å². The number of nitrogens with zero attached hydrogens (tertiary/aromatic N) is 1. The largest absolute Gasteiger partial charge is 0.330 e. The van der Waals surface area contributed by atoms with Crippen LogP contribution in [0.25, 0.3) is 0 Å². The molecule has 3 atom stereocenters. The molecule has 17 heavy (non-hydrogen) atoms. The smallest absolute Gasteiger partial charge is 0.0406 e. The Hall–Kier alpha value is -0.570. The third-order valence-electron chi connectivity index (χ3n) is 4.17. The zero-order valence-electron chi connectivity index (χ0n) is 10.6. The predicted octanol–water partition coefficient (Wildman–Crippen LogP) is 3.07. The zero-order chi connectivity index (χ0) is 12.4. The molecule has 1 aromatic rings. The molecule has 0 radical (unpaired) electrons. The molecule has 2 N–H and O–H groups in total. The van der Waals surface area contributed by atoms with Crippen molar-refractivity contribution in [3.63, 3.8) is 0 Å². The highest BCUT2D eigenvalue weighted by atomic mass is 35.5. The van der Waals surface area contributed by atoms with Crippen molar-refractivity contribution in [2.24, 2.45) is 11.7 Å². The Morgan fingerprint density at radius 1 is 1.35 bits per heavy atom. The maximum Gasteiger partial charge on any atom is 0.0406 e. The average molecular weight is 253 g/mol. The normalized spacial score (nSPS) is 25.7. The highest BCUT2D eigenvalue weighted by Crippen LogP contribution is 2.35. The molecule has 3 unspecified atom stereocenters. The van der Waals surface area contributed by atoms with Crippen molar-refractivity contribution in [3.05, 3.63) is 34.9 Å². The van der Waals surface area contributed by atoms with E-state index in [9.17, 15) is 0 Å². The summed E-state index contributed by atoms with van der Waals surface area (Å²) in [5, 5.41) is 0.798. The lowest BCUT2D eigenvalue weighted by atomic mass is 9.78. The molecule has 0 bridgehead atoms. The van der Waals surface area contributed by atoms with Crippen molar-refractivity contribution in [1.29, 1.82) is 0 Å². The van der Waals surface area contributed by atoms with Gasteiger partial charge in [-0.05, 0) is 57.0 Å². The molecule has 1 aliphatic carbocycles. The van der Waals surface area contributed by atoms with Crippen molar-refractivity contribution in [2.75, 3.05) is 13.6 Å². The second-order valence-electron chi connectivity index (χ2n) is 5.03. The minimum Gasteiger partial charge on any atom is -0.330 e. The summed E-state index contributed by atoms with van der Waals surface area (Å²) in [4.78, 5) is 2.45. The zero-order valence-corrected chi connectivity index (χ0v) is 11.3. The minimum atomic E-state index is 0.423. The average Bonchev–Trinajstić information content (AvgIpc) is 2.28. The number of halogens is 1. The van der Waals surface area contributed by atoms with E-state index in [1.807, 2.05) is 12.1 Å². The number of nitrogens with two attached hydrogens (primary N) is 1. The van der Waals surface area contributed by atoms with Crippen LogP contribution in [0, 0.1) is 5.92 Å². The van der Waals surface area contributed by atoms with Crippen LogP contribution in [0.15, 0.2) is 24.3 Å². The van der Waals surface area contributed by atoms with E-state index in [1.165, 1.54) is 18.4 Å². The molecule has 1 saturated carbocycles. The standard InChI is InChI=1S/C14H21ClN2/c1-10(11-3-6-13(15)7-4-11)17(2)14-8-5-12(14)9-16/h3-4,6-7,10,12,14H,5,8-9,16H2,1-2H3. The van der Waals surface area contributed by atoms with Crippen molar-refractivity contribution < 1.29 is 0 Å². The van der Waals surface area contributed by atoms with Gasteiger partial charge in [0.15, 0.2) is 0 Å². The SMILES string of the molecule is CC(c1ccc(Cl)cc1)N(C)C1CCC1CN. The first kappa shape index (κ1) is 12.9. The molecule has 0 aliphatic heterocycles. The monoisotopic (exact) mass is 252 g/mol. The van der Waals surface area contributed by atoms with Crippen LogP contribution in [0.5, 0.6) is 0 Å². The molecule has 1 fully saturated rings. The van der Waals surface area contributed by atoms with Crippen LogP contribution in [0.4, 0.5) is 0 Å². The minimum absolute atomic E-state index is 0.423. The molecule has 0 aromatic heterocycles. The highest BCUT2D eigenvalue weighted by molar-refractivity contribution is 6.30. The Bertz CT molecular complexity index is 361. The summed E-state index contributed by atoms with van der Waals surface area (Å²) in [6, 6.07) is 9.21. The maximum atomic E-state index is 5.91. The van der Waals surface area contributed by atoms with Gasteiger partial charge in [0.25, 0.3) is 0 Å². The summed E-state index contributed by atoms with van der Waals surface area (Å²) < 4.78 is 0. The Labute approximate surface area is 109 Å². The number of benzene rings is 1. The summed E-state index contributed by atoms with van der Waals surface area (Å²) in [5.41, 5.74) is 7.10. The first-order valence-corrected chi connectivity index (χ1v) is 6.68. The van der Waals surface area contributed by atoms with Gasteiger partial charge in [-0.15, -0.1) is 0 Å². The second-order valence-corrected chi connectivity index (χ2v) is 5.47. The molecule has 0 amide bonds. The topological polar surface area (TPSA) is 29.3 Å². The molecular formula is C14H21ClN2. The molecule has 0 saturated heterocycles. The van der Waals surface area contributed by atoms with E-state index in [4.69, 9.17) is 17.3 Å². The van der Waals surface area contributed by atoms with Crippen molar-refractivity contribution in [2.45, 2.75) is 31.8 Å². The Morgan fingerprint density at radius 2 is 2.00 bits per heavy atom. The van der Waals surface area contributed by atoms with E-state index in [0.717, 1.165) is 11.6 Å². The maximum absolute atomic E-state index is 5.91. The summed E-state index contributed by atoms with van der Waals surface area (Å²) in [6.07, 6.45) is 2.55. The number of hydrogen-bond donors (Lipinski definition) is 1. The van der Waals surface area contributed by atoms with E-state index < -0.39 is 0 Å². The van der Waals surface area contributed by atoms with Crippen LogP contribution >= 0.6 is 11.6 Å². The second kappa shape index (κ2) is 5.38. The first-order valence-electron chi connectivity index (χ1n) is 6.31. The lowest BCUT2D eigenvalue weighted by Gasteiger charge is -2.45. The fourth-order valence-corrected chi connectivity index (χ4v) is 2.75. The summed E-state index contributed by atoms with van der Waals surface area (Å²) in [5.74, 6) is 0.676. The van der Waals surface area contributed by atoms with Gasteiger partial charge in [-0.3, -0.25) is 4.90 Å². The first-order chi connectivity index (χ1) is 8.13. The fraction of sp³-hybridized carbons (Fsp3) is 0.571. The highest BCUT2D eigenvalue weighted by Gasteiger charge is 2.34. The van der Waals surface area contributed by atoms with Gasteiger partial charge in [-0.25, -0.2) is 0 Å². The Morgan fingerprint density at radius 3 is 2.47 bits per heavy atom. The summed E-state index contributed by atoms with van der Waals surface area (Å²) in [6.45, 7) is 3.05. The van der Waals surface area contributed by atoms with E-state index in [1.54, 1.807) is 0 Å². The van der Waals surface area contributed by atoms with Gasteiger partial charge in [-0.2, -0.15) is 0 Å². The lowest BCUT2D eigenvalue weighted by molar-refractivity contribution is 0.0596. The Balaban J connectivity index is 2.04. The van der Waals surface area contributed by atoms with Crippen molar-refractivity contribution in [3.8, 4) is 0 Å². The van der Waals surface area contributed by atoms with Crippen LogP contribution in [0.1, 0.15) is 31.4 Å². The Kier molecular flexibility index (Phi) is 4.08. The molecule has 2 rings (SSSR count). The van der Waals surface area contributed by atoms with Crippen LogP contribution in [0.2, 0.25) is 5.02 Å². The van der Waals surface area contributed by atoms with E-state index in [2.05, 4.69) is 31.0 Å². The summed E-state index contributed by atoms with van der Waals surface area (Å²) >= 11 is 5.91.